The van der Waals surface area contributed by atoms with E-state index in [9.17, 15) is 23.2 Å². The van der Waals surface area contributed by atoms with E-state index in [2.05, 4.69) is 11.4 Å². The minimum Gasteiger partial charge on any atom is -0.337 e. The van der Waals surface area contributed by atoms with Crippen LogP contribution in [0.3, 0.4) is 0 Å². The minimum atomic E-state index is -4.35. The van der Waals surface area contributed by atoms with E-state index < -0.39 is 17.3 Å². The van der Waals surface area contributed by atoms with Gasteiger partial charge in [0.15, 0.2) is 0 Å². The van der Waals surface area contributed by atoms with Crippen LogP contribution in [-0.2, 0) is 17.5 Å². The summed E-state index contributed by atoms with van der Waals surface area (Å²) < 4.78 is 37.6. The molecule has 2 rings (SSSR count). The lowest BCUT2D eigenvalue weighted by Crippen LogP contribution is -2.49. The monoisotopic (exact) mass is 339 g/mol. The van der Waals surface area contributed by atoms with Crippen molar-refractivity contribution in [2.24, 2.45) is 5.92 Å². The molecule has 0 radical (unpaired) electrons. The molecule has 1 aliphatic carbocycles. The molecule has 24 heavy (non-hydrogen) atoms. The van der Waals surface area contributed by atoms with Crippen LogP contribution >= 0.6 is 0 Å². The van der Waals surface area contributed by atoms with E-state index in [0.717, 1.165) is 25.0 Å². The van der Waals surface area contributed by atoms with Gasteiger partial charge in [-0.25, -0.2) is 0 Å². The Kier molecular flexibility index (Phi) is 5.19. The molecule has 0 bridgehead atoms. The molecule has 7 heteroatoms. The number of alkyl halides is 3. The Bertz CT molecular complexity index is 632. The number of amides is 1. The van der Waals surface area contributed by atoms with Gasteiger partial charge in [0, 0.05) is 6.54 Å². The zero-order valence-electron chi connectivity index (χ0n) is 13.7. The van der Waals surface area contributed by atoms with Gasteiger partial charge in [0.2, 0.25) is 5.91 Å². The second kappa shape index (κ2) is 6.81. The lowest BCUT2D eigenvalue weighted by atomic mass is 9.98. The smallest absolute Gasteiger partial charge is 0.337 e. The van der Waals surface area contributed by atoms with E-state index >= 15 is 0 Å². The molecule has 0 unspecified atom stereocenters. The SMILES string of the molecule is CN(CC(=O)N[C@@](C)(C#N)C1CC1)Cc1ccc(C(F)(F)F)cc1. The molecule has 1 aromatic rings. The highest BCUT2D eigenvalue weighted by atomic mass is 19.4. The van der Waals surface area contributed by atoms with Crippen molar-refractivity contribution in [2.45, 2.75) is 38.0 Å². The highest BCUT2D eigenvalue weighted by Gasteiger charge is 2.43. The van der Waals surface area contributed by atoms with Gasteiger partial charge in [-0.05, 0) is 50.4 Å². The predicted molar refractivity (Wildman–Crippen MR) is 82.7 cm³/mol. The molecule has 1 aromatic carbocycles. The number of halogens is 3. The van der Waals surface area contributed by atoms with E-state index in [-0.39, 0.29) is 18.4 Å². The molecule has 0 aromatic heterocycles. The number of nitrogens with one attached hydrogen (secondary N) is 1. The van der Waals surface area contributed by atoms with Gasteiger partial charge in [0.25, 0.3) is 0 Å². The van der Waals surface area contributed by atoms with Crippen LogP contribution in [0.4, 0.5) is 13.2 Å². The third kappa shape index (κ3) is 4.71. The lowest BCUT2D eigenvalue weighted by Gasteiger charge is -2.25. The number of carbonyl (C=O) groups is 1. The Morgan fingerprint density at radius 3 is 2.38 bits per heavy atom. The van der Waals surface area contributed by atoms with Crippen molar-refractivity contribution in [3.05, 3.63) is 35.4 Å². The Morgan fingerprint density at radius 1 is 1.33 bits per heavy atom. The highest BCUT2D eigenvalue weighted by Crippen LogP contribution is 2.39. The van der Waals surface area contributed by atoms with Crippen molar-refractivity contribution in [1.82, 2.24) is 10.2 Å². The van der Waals surface area contributed by atoms with Crippen molar-refractivity contribution in [2.75, 3.05) is 13.6 Å². The molecular weight excluding hydrogens is 319 g/mol. The van der Waals surface area contributed by atoms with Crippen LogP contribution in [0.1, 0.15) is 30.9 Å². The lowest BCUT2D eigenvalue weighted by molar-refractivity contribution is -0.137. The van der Waals surface area contributed by atoms with Crippen LogP contribution in [0.2, 0.25) is 0 Å². The first kappa shape index (κ1) is 18.3. The van der Waals surface area contributed by atoms with Crippen molar-refractivity contribution in [1.29, 1.82) is 5.26 Å². The summed E-state index contributed by atoms with van der Waals surface area (Å²) >= 11 is 0. The van der Waals surface area contributed by atoms with E-state index in [4.69, 9.17) is 0 Å². The third-order valence-corrected chi connectivity index (χ3v) is 4.17. The van der Waals surface area contributed by atoms with E-state index in [0.29, 0.717) is 12.1 Å². The Hall–Kier alpha value is -2.07. The molecule has 1 N–H and O–H groups in total. The number of benzene rings is 1. The summed E-state index contributed by atoms with van der Waals surface area (Å²) in [7, 11) is 1.71. The molecule has 1 fully saturated rings. The molecule has 0 spiro atoms. The quantitative estimate of drug-likeness (QED) is 0.867. The number of hydrogen-bond acceptors (Lipinski definition) is 3. The maximum atomic E-state index is 12.5. The van der Waals surface area contributed by atoms with E-state index in [1.165, 1.54) is 12.1 Å². The predicted octanol–water partition coefficient (Wildman–Crippen LogP) is 2.95. The summed E-state index contributed by atoms with van der Waals surface area (Å²) in [5.41, 5.74) is -0.851. The Balaban J connectivity index is 1.87. The van der Waals surface area contributed by atoms with Gasteiger partial charge in [0.05, 0.1) is 18.2 Å². The van der Waals surface area contributed by atoms with Crippen molar-refractivity contribution in [3.63, 3.8) is 0 Å². The first-order chi connectivity index (χ1) is 11.1. The van der Waals surface area contributed by atoms with Gasteiger partial charge in [0.1, 0.15) is 5.54 Å². The number of hydrogen-bond donors (Lipinski definition) is 1. The van der Waals surface area contributed by atoms with Crippen molar-refractivity contribution in [3.8, 4) is 6.07 Å². The normalized spacial score (nSPS) is 17.2. The highest BCUT2D eigenvalue weighted by molar-refractivity contribution is 5.79. The first-order valence-corrected chi connectivity index (χ1v) is 7.71. The number of likely N-dealkylation sites (N-methyl/N-ethyl adjacent to an activating group) is 1. The molecule has 130 valence electrons. The van der Waals surface area contributed by atoms with Gasteiger partial charge in [-0.15, -0.1) is 0 Å². The second-order valence-electron chi connectivity index (χ2n) is 6.50. The summed E-state index contributed by atoms with van der Waals surface area (Å²) in [5, 5.41) is 12.0. The van der Waals surface area contributed by atoms with Crippen molar-refractivity contribution < 1.29 is 18.0 Å². The Labute approximate surface area is 139 Å². The van der Waals surface area contributed by atoms with Crippen molar-refractivity contribution >= 4 is 5.91 Å². The fourth-order valence-corrected chi connectivity index (χ4v) is 2.62. The standard InChI is InChI=1S/C17H20F3N3O/c1-16(11-21,13-7-8-13)22-15(24)10-23(2)9-12-3-5-14(6-4-12)17(18,19)20/h3-6,13H,7-10H2,1-2H3,(H,22,24)/t16-/m0/s1. The van der Waals surface area contributed by atoms with Crippen LogP contribution in [0.15, 0.2) is 24.3 Å². The van der Waals surface area contributed by atoms with Crippen LogP contribution in [0.5, 0.6) is 0 Å². The molecule has 0 aliphatic heterocycles. The Morgan fingerprint density at radius 2 is 1.92 bits per heavy atom. The zero-order chi connectivity index (χ0) is 18.0. The van der Waals surface area contributed by atoms with Gasteiger partial charge in [-0.3, -0.25) is 9.69 Å². The number of carbonyl (C=O) groups excluding carboxylic acids is 1. The summed E-state index contributed by atoms with van der Waals surface area (Å²) in [6, 6.07) is 7.03. The van der Waals surface area contributed by atoms with E-state index in [1.54, 1.807) is 18.9 Å². The molecule has 1 atom stereocenters. The summed E-state index contributed by atoms with van der Waals surface area (Å²) in [6.07, 6.45) is -2.48. The second-order valence-corrected chi connectivity index (χ2v) is 6.50. The largest absolute Gasteiger partial charge is 0.416 e. The average Bonchev–Trinajstić information content (AvgIpc) is 3.31. The zero-order valence-corrected chi connectivity index (χ0v) is 13.7. The first-order valence-electron chi connectivity index (χ1n) is 7.71. The molecule has 1 amide bonds. The van der Waals surface area contributed by atoms with Crippen LogP contribution in [0.25, 0.3) is 0 Å². The number of rotatable bonds is 6. The average molecular weight is 339 g/mol. The maximum absolute atomic E-state index is 12.5. The molecule has 0 heterocycles. The molecule has 4 nitrogen and oxygen atoms in total. The summed E-state index contributed by atoms with van der Waals surface area (Å²) in [6.45, 7) is 2.14. The number of nitrogens with zero attached hydrogens (tertiary/aromatic N) is 2. The third-order valence-electron chi connectivity index (χ3n) is 4.17. The maximum Gasteiger partial charge on any atom is 0.416 e. The summed E-state index contributed by atoms with van der Waals surface area (Å²) in [4.78, 5) is 13.8. The number of nitriles is 1. The fraction of sp³-hybridized carbons (Fsp3) is 0.529. The van der Waals surface area contributed by atoms with E-state index in [1.807, 2.05) is 0 Å². The van der Waals surface area contributed by atoms with Crippen LogP contribution in [0, 0.1) is 17.2 Å². The molecular formula is C17H20F3N3O. The molecule has 0 saturated heterocycles. The van der Waals surface area contributed by atoms with Gasteiger partial charge < -0.3 is 5.32 Å². The van der Waals surface area contributed by atoms with Gasteiger partial charge in [-0.2, -0.15) is 18.4 Å². The van der Waals surface area contributed by atoms with Gasteiger partial charge in [-0.1, -0.05) is 12.1 Å². The topological polar surface area (TPSA) is 56.1 Å². The summed E-state index contributed by atoms with van der Waals surface area (Å²) in [5.74, 6) is -0.0629. The molecule has 1 saturated carbocycles. The fourth-order valence-electron chi connectivity index (χ4n) is 2.62. The minimum absolute atomic E-state index is 0.0744. The van der Waals surface area contributed by atoms with Crippen LogP contribution < -0.4 is 5.32 Å². The molecule has 1 aliphatic rings. The van der Waals surface area contributed by atoms with Gasteiger partial charge >= 0.3 is 6.18 Å². The van der Waals surface area contributed by atoms with Crippen LogP contribution in [-0.4, -0.2) is 29.9 Å².